The van der Waals surface area contributed by atoms with Crippen molar-refractivity contribution in [2.75, 3.05) is 11.9 Å². The summed E-state index contributed by atoms with van der Waals surface area (Å²) in [6, 6.07) is 11.7. The van der Waals surface area contributed by atoms with Gasteiger partial charge in [-0.05, 0) is 36.6 Å². The van der Waals surface area contributed by atoms with Gasteiger partial charge < -0.3 is 10.1 Å². The number of amides is 1. The highest BCUT2D eigenvalue weighted by atomic mass is 16.6. The standard InChI is InChI=1S/C19H18N2O5/c1-13-5-3-4-6-15(13)8-10-19(23)26-12-18(22)20-17-11-16(21(24)25)9-7-14(17)2/h3-11H,12H2,1-2H3,(H,20,22)/b10-8+. The van der Waals surface area contributed by atoms with Crippen LogP contribution in [0.5, 0.6) is 0 Å². The number of nitro benzene ring substituents is 1. The van der Waals surface area contributed by atoms with Crippen molar-refractivity contribution in [3.8, 4) is 0 Å². The molecule has 26 heavy (non-hydrogen) atoms. The molecule has 0 radical (unpaired) electrons. The minimum absolute atomic E-state index is 0.135. The summed E-state index contributed by atoms with van der Waals surface area (Å²) in [5, 5.41) is 13.3. The molecule has 1 amide bonds. The van der Waals surface area contributed by atoms with Crippen molar-refractivity contribution in [1.29, 1.82) is 0 Å². The minimum Gasteiger partial charge on any atom is -0.452 e. The van der Waals surface area contributed by atoms with Crippen LogP contribution in [0.2, 0.25) is 0 Å². The first-order chi connectivity index (χ1) is 12.4. The smallest absolute Gasteiger partial charge is 0.331 e. The zero-order valence-corrected chi connectivity index (χ0v) is 14.4. The van der Waals surface area contributed by atoms with E-state index in [2.05, 4.69) is 5.32 Å². The van der Waals surface area contributed by atoms with Gasteiger partial charge >= 0.3 is 5.97 Å². The molecule has 0 saturated heterocycles. The Kier molecular flexibility index (Phi) is 6.21. The molecule has 0 bridgehead atoms. The Morgan fingerprint density at radius 1 is 1.15 bits per heavy atom. The molecule has 0 aliphatic rings. The van der Waals surface area contributed by atoms with Gasteiger partial charge in [0.2, 0.25) is 0 Å². The predicted molar refractivity (Wildman–Crippen MR) is 97.6 cm³/mol. The minimum atomic E-state index is -0.654. The number of esters is 1. The zero-order valence-electron chi connectivity index (χ0n) is 14.4. The number of nitro groups is 1. The number of nitrogens with one attached hydrogen (secondary N) is 1. The molecular weight excluding hydrogens is 336 g/mol. The average Bonchev–Trinajstić information content (AvgIpc) is 2.61. The summed E-state index contributed by atoms with van der Waals surface area (Å²) in [6.45, 7) is 3.13. The molecular formula is C19H18N2O5. The summed E-state index contributed by atoms with van der Waals surface area (Å²) >= 11 is 0. The third kappa shape index (κ3) is 5.27. The Morgan fingerprint density at radius 2 is 1.88 bits per heavy atom. The van der Waals surface area contributed by atoms with Crippen molar-refractivity contribution < 1.29 is 19.2 Å². The van der Waals surface area contributed by atoms with Crippen LogP contribution in [0.25, 0.3) is 6.08 Å². The molecule has 134 valence electrons. The fourth-order valence-corrected chi connectivity index (χ4v) is 2.16. The van der Waals surface area contributed by atoms with Crippen molar-refractivity contribution >= 4 is 29.3 Å². The Bertz CT molecular complexity index is 874. The first-order valence-corrected chi connectivity index (χ1v) is 7.82. The number of anilines is 1. The van der Waals surface area contributed by atoms with E-state index in [9.17, 15) is 19.7 Å². The van der Waals surface area contributed by atoms with Crippen molar-refractivity contribution in [1.82, 2.24) is 0 Å². The van der Waals surface area contributed by atoms with Gasteiger partial charge in [-0.2, -0.15) is 0 Å². The highest BCUT2D eigenvalue weighted by Crippen LogP contribution is 2.21. The monoisotopic (exact) mass is 354 g/mol. The molecule has 0 aliphatic heterocycles. The molecule has 7 heteroatoms. The summed E-state index contributed by atoms with van der Waals surface area (Å²) in [6.07, 6.45) is 2.86. The van der Waals surface area contributed by atoms with Gasteiger partial charge in [-0.3, -0.25) is 14.9 Å². The van der Waals surface area contributed by atoms with E-state index in [0.717, 1.165) is 11.1 Å². The zero-order chi connectivity index (χ0) is 19.1. The molecule has 0 heterocycles. The van der Waals surface area contributed by atoms with Crippen LogP contribution in [0.3, 0.4) is 0 Å². The SMILES string of the molecule is Cc1ccccc1/C=C/C(=O)OCC(=O)Nc1cc([N+](=O)[O-])ccc1C. The summed E-state index contributed by atoms with van der Waals surface area (Å²) in [5.74, 6) is -1.23. The maximum Gasteiger partial charge on any atom is 0.331 e. The van der Waals surface area contributed by atoms with E-state index in [0.29, 0.717) is 11.3 Å². The van der Waals surface area contributed by atoms with E-state index in [1.165, 1.54) is 24.3 Å². The van der Waals surface area contributed by atoms with E-state index in [-0.39, 0.29) is 5.69 Å². The number of hydrogen-bond acceptors (Lipinski definition) is 5. The molecule has 7 nitrogen and oxygen atoms in total. The van der Waals surface area contributed by atoms with E-state index >= 15 is 0 Å². The molecule has 0 fully saturated rings. The van der Waals surface area contributed by atoms with E-state index in [4.69, 9.17) is 4.74 Å². The third-order valence-electron chi connectivity index (χ3n) is 3.64. The first-order valence-electron chi connectivity index (χ1n) is 7.82. The summed E-state index contributed by atoms with van der Waals surface area (Å²) < 4.78 is 4.88. The quantitative estimate of drug-likeness (QED) is 0.371. The van der Waals surface area contributed by atoms with Gasteiger partial charge in [0, 0.05) is 18.2 Å². The van der Waals surface area contributed by atoms with E-state index < -0.39 is 23.4 Å². The molecule has 2 aromatic rings. The maximum atomic E-state index is 11.9. The van der Waals surface area contributed by atoms with Crippen molar-refractivity contribution in [2.24, 2.45) is 0 Å². The fourth-order valence-electron chi connectivity index (χ4n) is 2.16. The van der Waals surface area contributed by atoms with Gasteiger partial charge in [-0.1, -0.05) is 30.3 Å². The van der Waals surface area contributed by atoms with Crippen LogP contribution < -0.4 is 5.32 Å². The average molecular weight is 354 g/mol. The molecule has 1 N–H and O–H groups in total. The Hall–Kier alpha value is -3.48. The Morgan fingerprint density at radius 3 is 2.58 bits per heavy atom. The van der Waals surface area contributed by atoms with Crippen LogP contribution >= 0.6 is 0 Å². The van der Waals surface area contributed by atoms with Crippen molar-refractivity contribution in [2.45, 2.75) is 13.8 Å². The normalized spacial score (nSPS) is 10.5. The van der Waals surface area contributed by atoms with E-state index in [1.54, 1.807) is 13.0 Å². The number of carbonyl (C=O) groups is 2. The molecule has 2 rings (SSSR count). The Labute approximate surface area is 150 Å². The molecule has 0 saturated carbocycles. The predicted octanol–water partition coefficient (Wildman–Crippen LogP) is 3.41. The van der Waals surface area contributed by atoms with Gasteiger partial charge in [0.25, 0.3) is 11.6 Å². The van der Waals surface area contributed by atoms with Crippen LogP contribution in [0.15, 0.2) is 48.5 Å². The van der Waals surface area contributed by atoms with Gasteiger partial charge in [0.1, 0.15) is 0 Å². The first kappa shape index (κ1) is 18.9. The number of carbonyl (C=O) groups excluding carboxylic acids is 2. The molecule has 0 unspecified atom stereocenters. The van der Waals surface area contributed by atoms with Crippen LogP contribution in [-0.2, 0) is 14.3 Å². The summed E-state index contributed by atoms with van der Waals surface area (Å²) in [4.78, 5) is 33.9. The number of ether oxygens (including phenoxy) is 1. The van der Waals surface area contributed by atoms with Crippen molar-refractivity contribution in [3.63, 3.8) is 0 Å². The van der Waals surface area contributed by atoms with Crippen LogP contribution in [0.1, 0.15) is 16.7 Å². The van der Waals surface area contributed by atoms with Crippen molar-refractivity contribution in [3.05, 3.63) is 75.3 Å². The van der Waals surface area contributed by atoms with Crippen LogP contribution in [0, 0.1) is 24.0 Å². The largest absolute Gasteiger partial charge is 0.452 e. The lowest BCUT2D eigenvalue weighted by Crippen LogP contribution is -2.20. The lowest BCUT2D eigenvalue weighted by atomic mass is 10.1. The highest BCUT2D eigenvalue weighted by molar-refractivity contribution is 5.95. The molecule has 0 atom stereocenters. The van der Waals surface area contributed by atoms with Gasteiger partial charge in [-0.15, -0.1) is 0 Å². The topological polar surface area (TPSA) is 98.5 Å². The number of benzene rings is 2. The van der Waals surface area contributed by atoms with Gasteiger partial charge in [-0.25, -0.2) is 4.79 Å². The van der Waals surface area contributed by atoms with E-state index in [1.807, 2.05) is 31.2 Å². The summed E-state index contributed by atoms with van der Waals surface area (Å²) in [5.41, 5.74) is 2.71. The van der Waals surface area contributed by atoms with Crippen LogP contribution in [0.4, 0.5) is 11.4 Å². The highest BCUT2D eigenvalue weighted by Gasteiger charge is 2.12. The molecule has 0 aromatic heterocycles. The lowest BCUT2D eigenvalue weighted by Gasteiger charge is -2.08. The third-order valence-corrected chi connectivity index (χ3v) is 3.64. The molecule has 0 aliphatic carbocycles. The Balaban J connectivity index is 1.91. The maximum absolute atomic E-state index is 11.9. The van der Waals surface area contributed by atoms with Gasteiger partial charge in [0.05, 0.1) is 10.6 Å². The van der Waals surface area contributed by atoms with Gasteiger partial charge in [0.15, 0.2) is 6.61 Å². The number of hydrogen-bond donors (Lipinski definition) is 1. The molecule has 2 aromatic carbocycles. The summed E-state index contributed by atoms with van der Waals surface area (Å²) in [7, 11) is 0. The fraction of sp³-hybridized carbons (Fsp3) is 0.158. The van der Waals surface area contributed by atoms with Crippen LogP contribution in [-0.4, -0.2) is 23.4 Å². The number of non-ortho nitro benzene ring substituents is 1. The second-order valence-corrected chi connectivity index (χ2v) is 5.60. The second kappa shape index (κ2) is 8.57. The lowest BCUT2D eigenvalue weighted by molar-refractivity contribution is -0.384. The number of nitrogens with zero attached hydrogens (tertiary/aromatic N) is 1. The number of aryl methyl sites for hydroxylation is 2. The number of rotatable bonds is 6. The molecule has 0 spiro atoms. The second-order valence-electron chi connectivity index (χ2n) is 5.60.